The molecule has 1 aliphatic rings. The van der Waals surface area contributed by atoms with Crippen molar-refractivity contribution in [3.63, 3.8) is 0 Å². The monoisotopic (exact) mass is 434 g/mol. The Bertz CT molecular complexity index is 434. The molecular formula is C16H31IN6. The standard InChI is InChI=1S/C16H30N6.HI/c1-3-17-16(21-15-8-6-7-14(2)11-15)18-9-4-5-10-22-12-19-20-13-22;/h12-15H,3-11H2,1-2H3,(H2,17,18,21);1H. The van der Waals surface area contributed by atoms with Crippen molar-refractivity contribution >= 4 is 29.9 Å². The van der Waals surface area contributed by atoms with Crippen LogP contribution in [0.5, 0.6) is 0 Å². The van der Waals surface area contributed by atoms with Crippen LogP contribution in [0, 0.1) is 5.92 Å². The largest absolute Gasteiger partial charge is 0.357 e. The van der Waals surface area contributed by atoms with Gasteiger partial charge in [0.1, 0.15) is 12.7 Å². The van der Waals surface area contributed by atoms with Gasteiger partial charge in [0, 0.05) is 25.7 Å². The molecule has 6 nitrogen and oxygen atoms in total. The fourth-order valence-electron chi connectivity index (χ4n) is 3.01. The van der Waals surface area contributed by atoms with Gasteiger partial charge in [-0.05, 0) is 38.5 Å². The number of hydrogen-bond acceptors (Lipinski definition) is 3. The van der Waals surface area contributed by atoms with E-state index in [2.05, 4.69) is 34.7 Å². The van der Waals surface area contributed by atoms with Crippen LogP contribution in [0.25, 0.3) is 0 Å². The van der Waals surface area contributed by atoms with E-state index in [0.29, 0.717) is 6.04 Å². The topological polar surface area (TPSA) is 67.1 Å². The fraction of sp³-hybridized carbons (Fsp3) is 0.812. The van der Waals surface area contributed by atoms with Gasteiger partial charge in [0.15, 0.2) is 5.96 Å². The summed E-state index contributed by atoms with van der Waals surface area (Å²) >= 11 is 0. The highest BCUT2D eigenvalue weighted by molar-refractivity contribution is 14.0. The number of nitrogens with one attached hydrogen (secondary N) is 2. The third-order valence-electron chi connectivity index (χ3n) is 4.18. The lowest BCUT2D eigenvalue weighted by Gasteiger charge is -2.28. The Balaban J connectivity index is 0.00000264. The predicted octanol–water partition coefficient (Wildman–Crippen LogP) is 2.81. The Morgan fingerprint density at radius 3 is 2.74 bits per heavy atom. The lowest BCUT2D eigenvalue weighted by atomic mass is 9.87. The van der Waals surface area contributed by atoms with Crippen molar-refractivity contribution in [1.29, 1.82) is 0 Å². The maximum atomic E-state index is 4.71. The van der Waals surface area contributed by atoms with E-state index in [1.807, 2.05) is 4.57 Å². The van der Waals surface area contributed by atoms with Crippen LogP contribution < -0.4 is 10.6 Å². The lowest BCUT2D eigenvalue weighted by Crippen LogP contribution is -2.45. The third kappa shape index (κ3) is 7.99. The minimum absolute atomic E-state index is 0. The number of hydrogen-bond donors (Lipinski definition) is 2. The molecule has 0 radical (unpaired) electrons. The molecule has 132 valence electrons. The van der Waals surface area contributed by atoms with Crippen LogP contribution in [-0.2, 0) is 6.54 Å². The van der Waals surface area contributed by atoms with Gasteiger partial charge in [-0.1, -0.05) is 19.8 Å². The van der Waals surface area contributed by atoms with E-state index in [1.165, 1.54) is 25.7 Å². The summed E-state index contributed by atoms with van der Waals surface area (Å²) in [5.74, 6) is 1.81. The Hall–Kier alpha value is -0.860. The predicted molar refractivity (Wildman–Crippen MR) is 105 cm³/mol. The molecule has 1 heterocycles. The van der Waals surface area contributed by atoms with Crippen LogP contribution in [0.1, 0.15) is 52.4 Å². The van der Waals surface area contributed by atoms with Crippen molar-refractivity contribution in [2.75, 3.05) is 13.1 Å². The maximum Gasteiger partial charge on any atom is 0.191 e. The molecule has 23 heavy (non-hydrogen) atoms. The number of unbranched alkanes of at least 4 members (excludes halogenated alkanes) is 1. The zero-order valence-corrected chi connectivity index (χ0v) is 16.7. The molecule has 0 spiro atoms. The van der Waals surface area contributed by atoms with Gasteiger partial charge in [-0.15, -0.1) is 34.2 Å². The summed E-state index contributed by atoms with van der Waals surface area (Å²) < 4.78 is 2.01. The molecule has 0 bridgehead atoms. The van der Waals surface area contributed by atoms with E-state index in [4.69, 9.17) is 4.99 Å². The van der Waals surface area contributed by atoms with Crippen molar-refractivity contribution in [3.05, 3.63) is 12.7 Å². The van der Waals surface area contributed by atoms with Gasteiger partial charge in [0.2, 0.25) is 0 Å². The molecule has 1 aliphatic carbocycles. The molecule has 0 aliphatic heterocycles. The number of aromatic nitrogens is 3. The first-order valence-electron chi connectivity index (χ1n) is 8.65. The SMILES string of the molecule is CCNC(=NCCCCn1cnnc1)NC1CCCC(C)C1.I. The quantitative estimate of drug-likeness (QED) is 0.300. The summed E-state index contributed by atoms with van der Waals surface area (Å²) in [6, 6.07) is 0.582. The van der Waals surface area contributed by atoms with Gasteiger partial charge in [-0.2, -0.15) is 0 Å². The van der Waals surface area contributed by atoms with Crippen molar-refractivity contribution in [1.82, 2.24) is 25.4 Å². The van der Waals surface area contributed by atoms with Gasteiger partial charge in [-0.25, -0.2) is 0 Å². The lowest BCUT2D eigenvalue weighted by molar-refractivity contribution is 0.324. The Labute approximate surface area is 157 Å². The molecule has 0 aromatic carbocycles. The molecule has 1 saturated carbocycles. The zero-order chi connectivity index (χ0) is 15.6. The molecule has 2 unspecified atom stereocenters. The van der Waals surface area contributed by atoms with Gasteiger partial charge in [0.25, 0.3) is 0 Å². The van der Waals surface area contributed by atoms with Gasteiger partial charge in [-0.3, -0.25) is 4.99 Å². The molecule has 2 atom stereocenters. The number of halogens is 1. The Morgan fingerprint density at radius 2 is 2.04 bits per heavy atom. The summed E-state index contributed by atoms with van der Waals surface area (Å²) in [6.07, 6.45) is 10.9. The van der Waals surface area contributed by atoms with Crippen LogP contribution in [-0.4, -0.2) is 39.9 Å². The second-order valence-corrected chi connectivity index (χ2v) is 6.28. The van der Waals surface area contributed by atoms with Crippen LogP contribution >= 0.6 is 24.0 Å². The molecule has 2 rings (SSSR count). The molecule has 0 saturated heterocycles. The second-order valence-electron chi connectivity index (χ2n) is 6.28. The average Bonchev–Trinajstić information content (AvgIpc) is 3.00. The molecule has 7 heteroatoms. The van der Waals surface area contributed by atoms with E-state index in [1.54, 1.807) is 12.7 Å². The molecule has 1 fully saturated rings. The second kappa shape index (κ2) is 11.6. The summed E-state index contributed by atoms with van der Waals surface area (Å²) in [6.45, 7) is 7.21. The van der Waals surface area contributed by atoms with Crippen LogP contribution in [0.3, 0.4) is 0 Å². The van der Waals surface area contributed by atoms with E-state index < -0.39 is 0 Å². The average molecular weight is 434 g/mol. The highest BCUT2D eigenvalue weighted by atomic mass is 127. The fourth-order valence-corrected chi connectivity index (χ4v) is 3.01. The molecule has 2 N–H and O–H groups in total. The third-order valence-corrected chi connectivity index (χ3v) is 4.18. The first-order valence-corrected chi connectivity index (χ1v) is 8.65. The van der Waals surface area contributed by atoms with Crippen molar-refractivity contribution < 1.29 is 0 Å². The summed E-state index contributed by atoms with van der Waals surface area (Å²) in [5, 5.41) is 14.6. The number of guanidine groups is 1. The first kappa shape index (κ1) is 20.2. The van der Waals surface area contributed by atoms with Crippen molar-refractivity contribution in [2.24, 2.45) is 10.9 Å². The normalized spacial score (nSPS) is 21.6. The summed E-state index contributed by atoms with van der Waals surface area (Å²) in [7, 11) is 0. The molecular weight excluding hydrogens is 403 g/mol. The minimum atomic E-state index is 0. The Morgan fingerprint density at radius 1 is 1.26 bits per heavy atom. The van der Waals surface area contributed by atoms with Crippen LogP contribution in [0.2, 0.25) is 0 Å². The van der Waals surface area contributed by atoms with Gasteiger partial charge >= 0.3 is 0 Å². The van der Waals surface area contributed by atoms with Crippen molar-refractivity contribution in [3.8, 4) is 0 Å². The summed E-state index contributed by atoms with van der Waals surface area (Å²) in [4.78, 5) is 4.71. The number of rotatable bonds is 7. The van der Waals surface area contributed by atoms with E-state index in [9.17, 15) is 0 Å². The Kier molecular flexibility index (Phi) is 10.2. The molecule has 1 aromatic rings. The van der Waals surface area contributed by atoms with Crippen molar-refractivity contribution in [2.45, 2.75) is 65.0 Å². The van der Waals surface area contributed by atoms with Gasteiger partial charge < -0.3 is 15.2 Å². The molecule has 1 aromatic heterocycles. The number of aryl methyl sites for hydroxylation is 1. The van der Waals surface area contributed by atoms with Gasteiger partial charge in [0.05, 0.1) is 0 Å². The highest BCUT2D eigenvalue weighted by Gasteiger charge is 2.19. The molecule has 0 amide bonds. The zero-order valence-electron chi connectivity index (χ0n) is 14.4. The van der Waals surface area contributed by atoms with Crippen LogP contribution in [0.4, 0.5) is 0 Å². The van der Waals surface area contributed by atoms with E-state index >= 15 is 0 Å². The number of nitrogens with zero attached hydrogens (tertiary/aromatic N) is 4. The van der Waals surface area contributed by atoms with E-state index in [-0.39, 0.29) is 24.0 Å². The maximum absolute atomic E-state index is 4.71. The summed E-state index contributed by atoms with van der Waals surface area (Å²) in [5.41, 5.74) is 0. The highest BCUT2D eigenvalue weighted by Crippen LogP contribution is 2.23. The van der Waals surface area contributed by atoms with E-state index in [0.717, 1.165) is 44.4 Å². The first-order chi connectivity index (χ1) is 10.8. The van der Waals surface area contributed by atoms with Crippen LogP contribution in [0.15, 0.2) is 17.6 Å². The number of aliphatic imine (C=N–C) groups is 1. The minimum Gasteiger partial charge on any atom is -0.357 e. The smallest absolute Gasteiger partial charge is 0.191 e.